The number of carboxylic acids is 1. The standard InChI is InChI=1S/C29H38N4O6S/c1-8-18(5)32-40(37,38)25-16-22(30-27(34)21(9-2)10-3)14-15-24(25)39-28-20(7)26(29(35)36)31-33(28)23-13-11-12-17(4)19(23)6/h11-16,18,21,32H,8-10H2,1-7H3,(H,30,34)(H,35,36)/t18-/m0/s1. The first-order chi connectivity index (χ1) is 18.8. The molecular formula is C29H38N4O6S. The molecular weight excluding hydrogens is 532 g/mol. The second-order valence-electron chi connectivity index (χ2n) is 9.91. The first-order valence-corrected chi connectivity index (χ1v) is 14.9. The number of nitrogens with one attached hydrogen (secondary N) is 2. The first kappa shape index (κ1) is 30.8. The number of anilines is 1. The highest BCUT2D eigenvalue weighted by Gasteiger charge is 2.28. The quantitative estimate of drug-likeness (QED) is 0.252. The second kappa shape index (κ2) is 12.6. The van der Waals surface area contributed by atoms with Crippen LogP contribution in [0.1, 0.15) is 74.1 Å². The number of aromatic carboxylic acids is 1. The lowest BCUT2D eigenvalue weighted by atomic mass is 10.0. The number of hydrogen-bond donors (Lipinski definition) is 3. The maximum Gasteiger partial charge on any atom is 0.356 e. The fraction of sp³-hybridized carbons (Fsp3) is 0.414. The molecule has 3 N–H and O–H groups in total. The molecule has 1 amide bonds. The lowest BCUT2D eigenvalue weighted by Gasteiger charge is -2.19. The second-order valence-corrected chi connectivity index (χ2v) is 11.6. The van der Waals surface area contributed by atoms with Gasteiger partial charge >= 0.3 is 5.97 Å². The molecule has 3 rings (SSSR count). The van der Waals surface area contributed by atoms with Gasteiger partial charge in [-0.3, -0.25) is 4.79 Å². The Morgan fingerprint density at radius 2 is 1.70 bits per heavy atom. The Hall–Kier alpha value is -3.70. The molecule has 0 aliphatic carbocycles. The van der Waals surface area contributed by atoms with E-state index in [1.54, 1.807) is 26.0 Å². The molecule has 216 valence electrons. The highest BCUT2D eigenvalue weighted by Crippen LogP contribution is 2.36. The average Bonchev–Trinajstić information content (AvgIpc) is 3.22. The van der Waals surface area contributed by atoms with E-state index in [0.29, 0.717) is 30.6 Å². The van der Waals surface area contributed by atoms with E-state index < -0.39 is 16.0 Å². The maximum absolute atomic E-state index is 13.5. The normalized spacial score (nSPS) is 12.4. The number of hydrogen-bond acceptors (Lipinski definition) is 6. The van der Waals surface area contributed by atoms with E-state index in [0.717, 1.165) is 11.1 Å². The Morgan fingerprint density at radius 1 is 1.02 bits per heavy atom. The lowest BCUT2D eigenvalue weighted by Crippen LogP contribution is -2.32. The van der Waals surface area contributed by atoms with Gasteiger partial charge in [0.05, 0.1) is 5.69 Å². The lowest BCUT2D eigenvalue weighted by molar-refractivity contribution is -0.120. The van der Waals surface area contributed by atoms with Gasteiger partial charge in [0.1, 0.15) is 10.6 Å². The SMILES string of the molecule is CCC(CC)C(=O)Nc1ccc(Oc2c(C)c(C(=O)O)nn2-c2cccc(C)c2C)c(S(=O)(=O)N[C@@H](C)CC)c1. The predicted octanol–water partition coefficient (Wildman–Crippen LogP) is 5.74. The van der Waals surface area contributed by atoms with Crippen LogP contribution in [0.2, 0.25) is 0 Å². The summed E-state index contributed by atoms with van der Waals surface area (Å²) >= 11 is 0. The summed E-state index contributed by atoms with van der Waals surface area (Å²) in [4.78, 5) is 24.5. The number of carboxylic acid groups (broad SMARTS) is 1. The Bertz CT molecular complexity index is 1510. The molecule has 11 heteroatoms. The van der Waals surface area contributed by atoms with Crippen molar-refractivity contribution in [2.24, 2.45) is 5.92 Å². The molecule has 1 aromatic heterocycles. The number of nitrogens with zero attached hydrogens (tertiary/aromatic N) is 2. The number of amides is 1. The van der Waals surface area contributed by atoms with Crippen LogP contribution in [-0.2, 0) is 14.8 Å². The smallest absolute Gasteiger partial charge is 0.356 e. The molecule has 0 fully saturated rings. The van der Waals surface area contributed by atoms with Crippen LogP contribution in [0.15, 0.2) is 41.3 Å². The van der Waals surface area contributed by atoms with E-state index in [1.165, 1.54) is 16.8 Å². The average molecular weight is 571 g/mol. The van der Waals surface area contributed by atoms with Crippen LogP contribution in [0.25, 0.3) is 5.69 Å². The molecule has 0 spiro atoms. The topological polar surface area (TPSA) is 140 Å². The summed E-state index contributed by atoms with van der Waals surface area (Å²) in [5, 5.41) is 16.9. The molecule has 1 atom stereocenters. The number of carbonyl (C=O) groups excluding carboxylic acids is 1. The molecule has 0 aliphatic heterocycles. The van der Waals surface area contributed by atoms with Crippen molar-refractivity contribution in [2.75, 3.05) is 5.32 Å². The summed E-state index contributed by atoms with van der Waals surface area (Å²) in [6, 6.07) is 9.54. The first-order valence-electron chi connectivity index (χ1n) is 13.4. The van der Waals surface area contributed by atoms with Gasteiger partial charge in [-0.25, -0.2) is 17.9 Å². The highest BCUT2D eigenvalue weighted by molar-refractivity contribution is 7.89. The van der Waals surface area contributed by atoms with Gasteiger partial charge in [-0.05, 0) is 82.3 Å². The molecule has 0 saturated heterocycles. The third-order valence-electron chi connectivity index (χ3n) is 7.11. The van der Waals surface area contributed by atoms with Crippen molar-refractivity contribution in [3.63, 3.8) is 0 Å². The third-order valence-corrected chi connectivity index (χ3v) is 8.72. The van der Waals surface area contributed by atoms with E-state index in [-0.39, 0.29) is 45.6 Å². The van der Waals surface area contributed by atoms with Gasteiger partial charge in [0.25, 0.3) is 0 Å². The van der Waals surface area contributed by atoms with Crippen molar-refractivity contribution in [3.05, 3.63) is 58.8 Å². The molecule has 0 saturated carbocycles. The van der Waals surface area contributed by atoms with Crippen molar-refractivity contribution >= 4 is 27.6 Å². The van der Waals surface area contributed by atoms with Gasteiger partial charge in [-0.1, -0.05) is 32.9 Å². The number of rotatable bonds is 12. The summed E-state index contributed by atoms with van der Waals surface area (Å²) in [6.45, 7) is 12.8. The van der Waals surface area contributed by atoms with Gasteiger partial charge in [0, 0.05) is 23.2 Å². The van der Waals surface area contributed by atoms with E-state index in [9.17, 15) is 23.1 Å². The van der Waals surface area contributed by atoms with Crippen molar-refractivity contribution < 1.29 is 27.9 Å². The molecule has 40 heavy (non-hydrogen) atoms. The fourth-order valence-corrected chi connectivity index (χ4v) is 5.71. The van der Waals surface area contributed by atoms with Crippen LogP contribution < -0.4 is 14.8 Å². The number of aromatic nitrogens is 2. The molecule has 1 heterocycles. The maximum atomic E-state index is 13.5. The molecule has 0 aliphatic rings. The van der Waals surface area contributed by atoms with E-state index >= 15 is 0 Å². The molecule has 3 aromatic rings. The molecule has 0 bridgehead atoms. The van der Waals surface area contributed by atoms with E-state index in [1.807, 2.05) is 46.8 Å². The van der Waals surface area contributed by atoms with Crippen LogP contribution in [-0.4, -0.2) is 41.2 Å². The van der Waals surface area contributed by atoms with Gasteiger partial charge in [-0.2, -0.15) is 9.78 Å². The number of ether oxygens (including phenoxy) is 1. The van der Waals surface area contributed by atoms with E-state index in [2.05, 4.69) is 15.1 Å². The zero-order valence-corrected chi connectivity index (χ0v) is 24.8. The monoisotopic (exact) mass is 570 g/mol. The number of benzene rings is 2. The Labute approximate surface area is 235 Å². The minimum Gasteiger partial charge on any atom is -0.476 e. The third kappa shape index (κ3) is 6.53. The summed E-state index contributed by atoms with van der Waals surface area (Å²) in [5.41, 5.74) is 2.75. The Balaban J connectivity index is 2.19. The Kier molecular flexibility index (Phi) is 9.75. The Morgan fingerprint density at radius 3 is 2.30 bits per heavy atom. The van der Waals surface area contributed by atoms with Crippen LogP contribution in [0, 0.1) is 26.7 Å². The van der Waals surface area contributed by atoms with Crippen LogP contribution in [0.5, 0.6) is 11.6 Å². The predicted molar refractivity (Wildman–Crippen MR) is 154 cm³/mol. The molecule has 0 radical (unpaired) electrons. The van der Waals surface area contributed by atoms with Crippen LogP contribution >= 0.6 is 0 Å². The number of aryl methyl sites for hydroxylation is 1. The molecule has 10 nitrogen and oxygen atoms in total. The number of sulfonamides is 1. The summed E-state index contributed by atoms with van der Waals surface area (Å²) < 4.78 is 37.3. The van der Waals surface area contributed by atoms with E-state index in [4.69, 9.17) is 4.74 Å². The minimum atomic E-state index is -4.10. The minimum absolute atomic E-state index is 0.0390. The van der Waals surface area contributed by atoms with Gasteiger partial charge < -0.3 is 15.2 Å². The summed E-state index contributed by atoms with van der Waals surface area (Å²) in [5.74, 6) is -1.62. The van der Waals surface area contributed by atoms with Crippen LogP contribution in [0.4, 0.5) is 5.69 Å². The zero-order valence-electron chi connectivity index (χ0n) is 24.0. The van der Waals surface area contributed by atoms with Crippen molar-refractivity contribution in [3.8, 4) is 17.3 Å². The summed E-state index contributed by atoms with van der Waals surface area (Å²) in [6.07, 6.45) is 1.86. The molecule has 0 unspecified atom stereocenters. The van der Waals surface area contributed by atoms with Crippen molar-refractivity contribution in [2.45, 2.75) is 78.7 Å². The van der Waals surface area contributed by atoms with Gasteiger partial charge in [0.2, 0.25) is 21.8 Å². The number of carbonyl (C=O) groups is 2. The van der Waals surface area contributed by atoms with Gasteiger partial charge in [-0.15, -0.1) is 0 Å². The largest absolute Gasteiger partial charge is 0.476 e. The fourth-order valence-electron chi connectivity index (χ4n) is 4.23. The summed E-state index contributed by atoms with van der Waals surface area (Å²) in [7, 11) is -4.10. The zero-order chi connectivity index (χ0) is 29.8. The van der Waals surface area contributed by atoms with Crippen molar-refractivity contribution in [1.82, 2.24) is 14.5 Å². The highest BCUT2D eigenvalue weighted by atomic mass is 32.2. The van der Waals surface area contributed by atoms with Gasteiger partial charge in [0.15, 0.2) is 5.69 Å². The van der Waals surface area contributed by atoms with Crippen LogP contribution in [0.3, 0.4) is 0 Å². The van der Waals surface area contributed by atoms with Crippen molar-refractivity contribution in [1.29, 1.82) is 0 Å². The molecule has 2 aromatic carbocycles.